The van der Waals surface area contributed by atoms with E-state index >= 15 is 0 Å². The van der Waals surface area contributed by atoms with Crippen molar-refractivity contribution in [2.24, 2.45) is 11.8 Å². The summed E-state index contributed by atoms with van der Waals surface area (Å²) in [4.78, 5) is 72.6. The van der Waals surface area contributed by atoms with Gasteiger partial charge in [0.25, 0.3) is 0 Å². The van der Waals surface area contributed by atoms with Crippen molar-refractivity contribution in [3.63, 3.8) is 0 Å². The van der Waals surface area contributed by atoms with E-state index in [1.807, 2.05) is 0 Å². The molecule has 552 valence electrons. The van der Waals surface area contributed by atoms with E-state index in [0.717, 1.165) is 95.8 Å². The molecular formula is C74H144O17P2. The first-order valence-electron chi connectivity index (χ1n) is 38.5. The molecule has 19 heteroatoms. The van der Waals surface area contributed by atoms with Crippen LogP contribution in [-0.2, 0) is 65.4 Å². The van der Waals surface area contributed by atoms with Crippen molar-refractivity contribution in [1.29, 1.82) is 0 Å². The summed E-state index contributed by atoms with van der Waals surface area (Å²) in [6.07, 6.45) is 52.8. The third kappa shape index (κ3) is 68.4. The number of rotatable bonds is 73. The average molecular weight is 1370 g/mol. The number of hydrogen-bond donors (Lipinski definition) is 3. The first-order chi connectivity index (χ1) is 44.9. The number of aliphatic hydroxyl groups is 1. The summed E-state index contributed by atoms with van der Waals surface area (Å²) in [6, 6.07) is 0. The maximum absolute atomic E-state index is 13.1. The van der Waals surface area contributed by atoms with Crippen molar-refractivity contribution in [3.8, 4) is 0 Å². The highest BCUT2D eigenvalue weighted by Gasteiger charge is 2.30. The van der Waals surface area contributed by atoms with E-state index in [2.05, 4.69) is 41.5 Å². The third-order valence-corrected chi connectivity index (χ3v) is 19.1. The van der Waals surface area contributed by atoms with Gasteiger partial charge in [-0.25, -0.2) is 9.13 Å². The van der Waals surface area contributed by atoms with Gasteiger partial charge in [-0.1, -0.05) is 330 Å². The molecule has 0 bridgehead atoms. The molecule has 5 atom stereocenters. The van der Waals surface area contributed by atoms with Crippen molar-refractivity contribution in [2.45, 2.75) is 400 Å². The highest BCUT2D eigenvalue weighted by atomic mass is 31.2. The lowest BCUT2D eigenvalue weighted by molar-refractivity contribution is -0.161. The van der Waals surface area contributed by atoms with Crippen molar-refractivity contribution in [3.05, 3.63) is 0 Å². The van der Waals surface area contributed by atoms with Gasteiger partial charge >= 0.3 is 39.5 Å². The molecule has 2 unspecified atom stereocenters. The summed E-state index contributed by atoms with van der Waals surface area (Å²) in [5.41, 5.74) is 0. The fourth-order valence-electron chi connectivity index (χ4n) is 11.3. The predicted molar refractivity (Wildman–Crippen MR) is 377 cm³/mol. The van der Waals surface area contributed by atoms with Gasteiger partial charge in [-0.2, -0.15) is 0 Å². The molecule has 0 aliphatic heterocycles. The van der Waals surface area contributed by atoms with Crippen LogP contribution in [0.15, 0.2) is 0 Å². The van der Waals surface area contributed by atoms with Crippen LogP contribution in [0.4, 0.5) is 0 Å². The summed E-state index contributed by atoms with van der Waals surface area (Å²) in [5, 5.41) is 10.6. The fourth-order valence-corrected chi connectivity index (χ4v) is 12.9. The molecule has 0 aromatic heterocycles. The molecule has 0 heterocycles. The minimum atomic E-state index is -4.96. The van der Waals surface area contributed by atoms with Crippen LogP contribution in [0.5, 0.6) is 0 Å². The lowest BCUT2D eigenvalue weighted by Crippen LogP contribution is -2.30. The van der Waals surface area contributed by atoms with Crippen LogP contribution in [0.2, 0.25) is 0 Å². The summed E-state index contributed by atoms with van der Waals surface area (Å²) < 4.78 is 68.4. The van der Waals surface area contributed by atoms with Crippen molar-refractivity contribution >= 4 is 39.5 Å². The molecule has 3 N–H and O–H groups in total. The largest absolute Gasteiger partial charge is 0.472 e. The molecule has 0 amide bonds. The number of unbranched alkanes of at least 4 members (excludes halogenated alkanes) is 43. The summed E-state index contributed by atoms with van der Waals surface area (Å²) >= 11 is 0. The van der Waals surface area contributed by atoms with Crippen LogP contribution < -0.4 is 0 Å². The quantitative estimate of drug-likeness (QED) is 0.0222. The number of phosphoric ester groups is 2. The number of carbonyl (C=O) groups excluding carboxylic acids is 4. The van der Waals surface area contributed by atoms with E-state index in [1.54, 1.807) is 0 Å². The van der Waals surface area contributed by atoms with Crippen molar-refractivity contribution < 1.29 is 80.2 Å². The van der Waals surface area contributed by atoms with Gasteiger partial charge in [0, 0.05) is 25.7 Å². The predicted octanol–water partition coefficient (Wildman–Crippen LogP) is 21.6. The van der Waals surface area contributed by atoms with Gasteiger partial charge in [0.1, 0.15) is 19.3 Å². The highest BCUT2D eigenvalue weighted by Crippen LogP contribution is 2.45. The number of ether oxygens (including phenoxy) is 4. The summed E-state index contributed by atoms with van der Waals surface area (Å²) in [7, 11) is -9.90. The summed E-state index contributed by atoms with van der Waals surface area (Å²) in [6.45, 7) is 9.53. The second-order valence-corrected chi connectivity index (χ2v) is 30.5. The normalized spacial score (nSPS) is 14.1. The highest BCUT2D eigenvalue weighted by molar-refractivity contribution is 7.47. The Balaban J connectivity index is 5.20. The van der Waals surface area contributed by atoms with Crippen LogP contribution in [0.25, 0.3) is 0 Å². The molecule has 0 fully saturated rings. The lowest BCUT2D eigenvalue weighted by atomic mass is 10.0. The Labute approximate surface area is 568 Å². The molecule has 0 aliphatic rings. The van der Waals surface area contributed by atoms with Crippen LogP contribution in [0.3, 0.4) is 0 Å². The number of carbonyl (C=O) groups is 4. The maximum atomic E-state index is 13.1. The van der Waals surface area contributed by atoms with E-state index in [0.29, 0.717) is 31.6 Å². The molecule has 0 spiro atoms. The molecule has 17 nitrogen and oxygen atoms in total. The Morgan fingerprint density at radius 1 is 0.290 bits per heavy atom. The van der Waals surface area contributed by atoms with Gasteiger partial charge in [0.05, 0.1) is 26.4 Å². The molecule has 0 saturated carbocycles. The Morgan fingerprint density at radius 2 is 0.495 bits per heavy atom. The van der Waals surface area contributed by atoms with E-state index in [4.69, 9.17) is 37.0 Å². The van der Waals surface area contributed by atoms with Gasteiger partial charge in [0.2, 0.25) is 0 Å². The van der Waals surface area contributed by atoms with Crippen molar-refractivity contribution in [2.75, 3.05) is 39.6 Å². The first-order valence-corrected chi connectivity index (χ1v) is 41.5. The maximum Gasteiger partial charge on any atom is 0.472 e. The smallest absolute Gasteiger partial charge is 0.462 e. The molecule has 0 saturated heterocycles. The molecule has 0 rings (SSSR count). The molecule has 0 aliphatic carbocycles. The van der Waals surface area contributed by atoms with Gasteiger partial charge in [-0.15, -0.1) is 0 Å². The Hall–Kier alpha value is -1.94. The van der Waals surface area contributed by atoms with Crippen LogP contribution >= 0.6 is 15.6 Å². The zero-order valence-electron chi connectivity index (χ0n) is 60.6. The minimum Gasteiger partial charge on any atom is -0.462 e. The van der Waals surface area contributed by atoms with Crippen LogP contribution in [-0.4, -0.2) is 96.7 Å². The Morgan fingerprint density at radius 3 is 0.731 bits per heavy atom. The van der Waals surface area contributed by atoms with E-state index in [1.165, 1.54) is 199 Å². The Bertz CT molecular complexity index is 1800. The number of hydrogen-bond acceptors (Lipinski definition) is 15. The second-order valence-electron chi connectivity index (χ2n) is 27.6. The third-order valence-electron chi connectivity index (χ3n) is 17.2. The monoisotopic (exact) mass is 1370 g/mol. The zero-order chi connectivity index (χ0) is 68.6. The van der Waals surface area contributed by atoms with Crippen LogP contribution in [0, 0.1) is 11.8 Å². The second kappa shape index (κ2) is 66.0. The first kappa shape index (κ1) is 91.1. The van der Waals surface area contributed by atoms with E-state index in [9.17, 15) is 43.2 Å². The molecule has 0 aromatic rings. The van der Waals surface area contributed by atoms with Gasteiger partial charge in [-0.3, -0.25) is 37.3 Å². The average Bonchev–Trinajstić information content (AvgIpc) is 1.68. The minimum absolute atomic E-state index is 0.104. The number of aliphatic hydroxyl groups excluding tert-OH is 1. The topological polar surface area (TPSA) is 237 Å². The number of esters is 4. The van der Waals surface area contributed by atoms with Crippen molar-refractivity contribution in [1.82, 2.24) is 0 Å². The van der Waals surface area contributed by atoms with Gasteiger partial charge in [0.15, 0.2) is 12.2 Å². The van der Waals surface area contributed by atoms with E-state index in [-0.39, 0.29) is 25.7 Å². The van der Waals surface area contributed by atoms with Crippen LogP contribution in [0.1, 0.15) is 382 Å². The SMILES string of the molecule is CCCCCCCCCCCCCCCCCC(=O)OC[C@H](COP(=O)(O)OC[C@@H](O)COP(=O)(O)OC[C@@H](COC(=O)CCCCCCCCCCC)OC(=O)CCCCCCCCCC(C)C)OC(=O)CCCCCCCCCCCCCCCCCCC(C)C. The molecule has 0 radical (unpaired) electrons. The standard InChI is InChI=1S/C74H144O17P2/c1-7-9-11-13-15-17-18-19-22-26-29-33-39-45-51-57-72(77)85-62-69(90-73(78)58-52-46-40-34-30-27-24-21-20-23-25-28-32-36-42-48-54-66(3)4)64-88-92(80,81)86-60-68(75)61-87-93(82,83)89-65-70(63-84-71(76)56-50-44-38-31-16-14-12-10-8-2)91-74(79)59-53-47-41-35-37-43-49-55-67(5)6/h66-70,75H,7-65H2,1-6H3,(H,80,81)(H,82,83)/t68-,69-,70-/m1/s1. The lowest BCUT2D eigenvalue weighted by Gasteiger charge is -2.21. The molecular weight excluding hydrogens is 1220 g/mol. The Kier molecular flexibility index (Phi) is 64.6. The summed E-state index contributed by atoms with van der Waals surface area (Å²) in [5.74, 6) is -0.616. The zero-order valence-corrected chi connectivity index (χ0v) is 62.3. The fraction of sp³-hybridized carbons (Fsp3) is 0.946. The number of phosphoric acid groups is 2. The molecule has 93 heavy (non-hydrogen) atoms. The molecule has 0 aromatic carbocycles. The van der Waals surface area contributed by atoms with Gasteiger partial charge in [-0.05, 0) is 37.5 Å². The van der Waals surface area contributed by atoms with Gasteiger partial charge < -0.3 is 33.8 Å². The van der Waals surface area contributed by atoms with E-state index < -0.39 is 97.5 Å².